The summed E-state index contributed by atoms with van der Waals surface area (Å²) >= 11 is 0. The van der Waals surface area contributed by atoms with Gasteiger partial charge in [-0.25, -0.2) is 15.0 Å². The van der Waals surface area contributed by atoms with Crippen molar-refractivity contribution < 1.29 is 23.5 Å². The van der Waals surface area contributed by atoms with Crippen LogP contribution in [0.4, 0.5) is 5.82 Å². The van der Waals surface area contributed by atoms with E-state index in [1.165, 1.54) is 70.5 Å². The number of hydrogen-bond donors (Lipinski definition) is 3. The summed E-state index contributed by atoms with van der Waals surface area (Å²) in [5, 5.41) is 0. The molecule has 0 saturated carbocycles. The second kappa shape index (κ2) is 18.6. The molecule has 2 rings (SSSR count). The number of hydrogen-bond acceptors (Lipinski definition) is 9. The number of imidazole rings is 1. The van der Waals surface area contributed by atoms with Gasteiger partial charge in [0.15, 0.2) is 11.5 Å². The molecule has 11 nitrogen and oxygen atoms in total. The lowest BCUT2D eigenvalue weighted by atomic mass is 10.1. The number of aromatic nitrogens is 4. The van der Waals surface area contributed by atoms with Crippen molar-refractivity contribution in [3.8, 4) is 0 Å². The van der Waals surface area contributed by atoms with Gasteiger partial charge in [0, 0.05) is 6.61 Å². The fraction of sp³-hybridized carbons (Fsp3) is 0.808. The lowest BCUT2D eigenvalue weighted by Crippen LogP contribution is -2.31. The monoisotopic (exact) mass is 556 g/mol. The van der Waals surface area contributed by atoms with Crippen LogP contribution in [0, 0.1) is 0 Å². The highest BCUT2D eigenvalue weighted by Gasteiger charge is 2.23. The van der Waals surface area contributed by atoms with Crippen molar-refractivity contribution in [2.75, 3.05) is 31.9 Å². The molecule has 5 N–H and O–H groups in total. The zero-order valence-electron chi connectivity index (χ0n) is 23.3. The number of fused-ring (bicyclic) bond motifs is 1. The summed E-state index contributed by atoms with van der Waals surface area (Å²) in [5.74, 6) is 0.296. The molecular formula is C26H49N6O5P. The van der Waals surface area contributed by atoms with Crippen molar-refractivity contribution in [3.63, 3.8) is 0 Å². The van der Waals surface area contributed by atoms with Gasteiger partial charge in [0.1, 0.15) is 18.2 Å². The smallest absolute Gasteiger partial charge is 0.353 e. The van der Waals surface area contributed by atoms with E-state index in [1.54, 1.807) is 17.8 Å². The van der Waals surface area contributed by atoms with Crippen LogP contribution in [0.5, 0.6) is 0 Å². The first-order chi connectivity index (χ1) is 18.3. The van der Waals surface area contributed by atoms with Gasteiger partial charge in [0.2, 0.25) is 0 Å². The van der Waals surface area contributed by atoms with Crippen LogP contribution in [0.3, 0.4) is 0 Å². The minimum absolute atomic E-state index is 0.0771. The van der Waals surface area contributed by atoms with Gasteiger partial charge in [0.05, 0.1) is 38.2 Å². The molecule has 2 aromatic heterocycles. The topological polar surface area (TPSA) is 161 Å². The molecule has 0 saturated heterocycles. The number of nitrogens with two attached hydrogens (primary N) is 2. The number of ether oxygens (including phenoxy) is 2. The average molecular weight is 557 g/mol. The Morgan fingerprint density at radius 1 is 0.974 bits per heavy atom. The van der Waals surface area contributed by atoms with Crippen LogP contribution in [0.1, 0.15) is 90.9 Å². The molecular weight excluding hydrogens is 507 g/mol. The van der Waals surface area contributed by atoms with Gasteiger partial charge >= 0.3 is 7.60 Å². The third kappa shape index (κ3) is 13.4. The molecule has 2 heterocycles. The third-order valence-electron chi connectivity index (χ3n) is 6.37. The molecule has 0 fully saturated rings. The Morgan fingerprint density at radius 2 is 1.61 bits per heavy atom. The van der Waals surface area contributed by atoms with Crippen LogP contribution in [0.2, 0.25) is 0 Å². The predicted octanol–water partition coefficient (Wildman–Crippen LogP) is 5.02. The van der Waals surface area contributed by atoms with E-state index in [0.29, 0.717) is 30.1 Å². The molecule has 12 heteroatoms. The van der Waals surface area contributed by atoms with E-state index in [9.17, 15) is 9.46 Å². The van der Waals surface area contributed by atoms with Crippen molar-refractivity contribution in [3.05, 3.63) is 12.7 Å². The van der Waals surface area contributed by atoms with E-state index in [-0.39, 0.29) is 19.3 Å². The number of unbranched alkanes of at least 4 members (excludes halogenated alkanes) is 11. The Hall–Kier alpha value is -1.62. The summed E-state index contributed by atoms with van der Waals surface area (Å²) in [7, 11) is -3.95. The molecule has 0 aromatic carbocycles. The number of anilines is 1. The first-order valence-electron chi connectivity index (χ1n) is 14.1. The van der Waals surface area contributed by atoms with Crippen molar-refractivity contribution in [1.82, 2.24) is 19.5 Å². The largest absolute Gasteiger partial charge is 0.382 e. The van der Waals surface area contributed by atoms with Crippen LogP contribution >= 0.6 is 7.60 Å². The molecule has 3 atom stereocenters. The maximum atomic E-state index is 12.3. The van der Waals surface area contributed by atoms with E-state index in [1.807, 2.05) is 0 Å². The molecule has 38 heavy (non-hydrogen) atoms. The summed E-state index contributed by atoms with van der Waals surface area (Å²) < 4.78 is 30.4. The fourth-order valence-electron chi connectivity index (χ4n) is 4.16. The molecule has 1 unspecified atom stereocenters. The number of nitrogens with zero attached hydrogens (tertiary/aromatic N) is 4. The first kappa shape index (κ1) is 32.6. The van der Waals surface area contributed by atoms with Gasteiger partial charge in [0.25, 0.3) is 0 Å². The highest BCUT2D eigenvalue weighted by molar-refractivity contribution is 7.52. The Kier molecular flexibility index (Phi) is 16.0. The molecule has 0 aliphatic heterocycles. The molecule has 0 amide bonds. The van der Waals surface area contributed by atoms with Gasteiger partial charge in [-0.05, 0) is 13.3 Å². The minimum atomic E-state index is -3.95. The molecule has 0 bridgehead atoms. The Labute approximate surface area is 227 Å². The van der Waals surface area contributed by atoms with Gasteiger partial charge in [-0.1, -0.05) is 77.6 Å². The zero-order chi connectivity index (χ0) is 27.6. The van der Waals surface area contributed by atoms with E-state index in [2.05, 4.69) is 21.9 Å². The molecule has 218 valence electrons. The van der Waals surface area contributed by atoms with Crippen molar-refractivity contribution in [2.24, 2.45) is 5.73 Å². The number of rotatable bonds is 23. The Balaban J connectivity index is 1.47. The zero-order valence-corrected chi connectivity index (χ0v) is 24.2. The second-order valence-electron chi connectivity index (χ2n) is 10.1. The highest BCUT2D eigenvalue weighted by atomic mass is 31.2. The van der Waals surface area contributed by atoms with Crippen LogP contribution in [0.15, 0.2) is 12.7 Å². The summed E-state index contributed by atoms with van der Waals surface area (Å²) in [4.78, 5) is 22.4. The SMILES string of the molecule is CCCCCCCCCCCCCCOC[C@@H](N)COP(=O)(O)CO[C@H](C)Cn1cnc2c(N)ncnc21. The fourth-order valence-corrected chi connectivity index (χ4v) is 5.10. The van der Waals surface area contributed by atoms with Crippen molar-refractivity contribution >= 4 is 24.6 Å². The average Bonchev–Trinajstić information content (AvgIpc) is 3.30. The Morgan fingerprint density at radius 3 is 2.26 bits per heavy atom. The summed E-state index contributed by atoms with van der Waals surface area (Å²) in [6, 6.07) is -0.479. The summed E-state index contributed by atoms with van der Waals surface area (Å²) in [6.45, 7) is 5.26. The quantitative estimate of drug-likeness (QED) is 0.125. The van der Waals surface area contributed by atoms with Gasteiger partial charge in [-0.15, -0.1) is 0 Å². The van der Waals surface area contributed by atoms with E-state index < -0.39 is 20.0 Å². The normalized spacial score (nSPS) is 15.1. The molecule has 2 aromatic rings. The maximum Gasteiger partial charge on any atom is 0.353 e. The van der Waals surface area contributed by atoms with Gasteiger partial charge in [-0.3, -0.25) is 4.57 Å². The molecule has 0 aliphatic rings. The van der Waals surface area contributed by atoms with Gasteiger partial charge < -0.3 is 34.9 Å². The van der Waals surface area contributed by atoms with Crippen LogP contribution < -0.4 is 11.5 Å². The maximum absolute atomic E-state index is 12.3. The van der Waals surface area contributed by atoms with Crippen molar-refractivity contribution in [2.45, 2.75) is 110 Å². The van der Waals surface area contributed by atoms with Crippen LogP contribution in [-0.2, 0) is 25.1 Å². The van der Waals surface area contributed by atoms with Crippen LogP contribution in [0.25, 0.3) is 11.2 Å². The first-order valence-corrected chi connectivity index (χ1v) is 15.9. The van der Waals surface area contributed by atoms with E-state index >= 15 is 0 Å². The van der Waals surface area contributed by atoms with Crippen molar-refractivity contribution in [1.29, 1.82) is 0 Å². The van der Waals surface area contributed by atoms with E-state index in [0.717, 1.165) is 12.8 Å². The predicted molar refractivity (Wildman–Crippen MR) is 151 cm³/mol. The lowest BCUT2D eigenvalue weighted by Gasteiger charge is -2.19. The second-order valence-corrected chi connectivity index (χ2v) is 11.9. The third-order valence-corrected chi connectivity index (χ3v) is 7.40. The Bertz CT molecular complexity index is 946. The number of nitrogen functional groups attached to an aromatic ring is 1. The van der Waals surface area contributed by atoms with Crippen LogP contribution in [-0.4, -0.2) is 62.7 Å². The van der Waals surface area contributed by atoms with Gasteiger partial charge in [-0.2, -0.15) is 0 Å². The molecule has 0 aliphatic carbocycles. The summed E-state index contributed by atoms with van der Waals surface area (Å²) in [5.41, 5.74) is 12.9. The molecule has 0 radical (unpaired) electrons. The standard InChI is InChI=1S/C26H49N6O5P/c1-3-4-5-6-7-8-9-10-11-12-13-14-15-35-17-23(27)18-37-38(33,34)21-36-22(2)16-32-20-31-24-25(28)29-19-30-26(24)32/h19-20,22-23H,3-18,21,27H2,1-2H3,(H,33,34)(H2,28,29,30)/t22-,23-/m1/s1. The molecule has 0 spiro atoms. The highest BCUT2D eigenvalue weighted by Crippen LogP contribution is 2.42. The summed E-state index contributed by atoms with van der Waals surface area (Å²) in [6.07, 6.45) is 17.7. The minimum Gasteiger partial charge on any atom is -0.382 e. The van der Waals surface area contributed by atoms with E-state index in [4.69, 9.17) is 25.5 Å². The lowest BCUT2D eigenvalue weighted by molar-refractivity contribution is 0.0662.